The lowest BCUT2D eigenvalue weighted by atomic mass is 10.2. The first-order valence-corrected chi connectivity index (χ1v) is 6.57. The van der Waals surface area contributed by atoms with Gasteiger partial charge in [0.05, 0.1) is 16.5 Å². The summed E-state index contributed by atoms with van der Waals surface area (Å²) in [6, 6.07) is 7.74. The molecule has 1 aromatic rings. The fraction of sp³-hybridized carbons (Fsp3) is 0.250. The monoisotopic (exact) mass is 250 g/mol. The molecule has 0 aliphatic heterocycles. The number of rotatable bonds is 4. The Morgan fingerprint density at radius 1 is 1.35 bits per heavy atom. The molecule has 1 aromatic carbocycles. The van der Waals surface area contributed by atoms with Gasteiger partial charge in [-0.25, -0.2) is 13.1 Å². The first-order chi connectivity index (χ1) is 7.95. The standard InChI is InChI=1S/C12H14N2O2S/c1-10(2)7-8-14-17(15,16)12-5-3-11(9-13)4-6-12/h3-7,14H,8H2,1-2H3. The number of sulfonamides is 1. The molecule has 0 aliphatic carbocycles. The van der Waals surface area contributed by atoms with E-state index >= 15 is 0 Å². The smallest absolute Gasteiger partial charge is 0.207 e. The second-order valence-electron chi connectivity index (χ2n) is 3.77. The minimum atomic E-state index is -3.48. The Kier molecular flexibility index (Phi) is 4.44. The molecule has 0 radical (unpaired) electrons. The van der Waals surface area contributed by atoms with Crippen molar-refractivity contribution in [3.05, 3.63) is 41.5 Å². The number of nitrogens with one attached hydrogen (secondary N) is 1. The Morgan fingerprint density at radius 3 is 2.41 bits per heavy atom. The van der Waals surface area contributed by atoms with E-state index in [1.54, 1.807) is 6.08 Å². The summed E-state index contributed by atoms with van der Waals surface area (Å²) in [5.74, 6) is 0. The highest BCUT2D eigenvalue weighted by Crippen LogP contribution is 2.09. The van der Waals surface area contributed by atoms with E-state index in [1.807, 2.05) is 19.9 Å². The van der Waals surface area contributed by atoms with Gasteiger partial charge >= 0.3 is 0 Å². The zero-order valence-electron chi connectivity index (χ0n) is 9.77. The molecule has 1 N–H and O–H groups in total. The van der Waals surface area contributed by atoms with Crippen molar-refractivity contribution in [2.75, 3.05) is 6.54 Å². The molecule has 5 heteroatoms. The minimum absolute atomic E-state index is 0.165. The van der Waals surface area contributed by atoms with Gasteiger partial charge in [0, 0.05) is 6.54 Å². The van der Waals surface area contributed by atoms with Gasteiger partial charge in [0.25, 0.3) is 0 Å². The van der Waals surface area contributed by atoms with Crippen molar-refractivity contribution in [1.29, 1.82) is 5.26 Å². The number of hydrogen-bond donors (Lipinski definition) is 1. The van der Waals surface area contributed by atoms with Gasteiger partial charge in [-0.05, 0) is 38.1 Å². The SMILES string of the molecule is CC(C)=CCNS(=O)(=O)c1ccc(C#N)cc1. The Morgan fingerprint density at radius 2 is 1.94 bits per heavy atom. The molecule has 0 saturated heterocycles. The van der Waals surface area contributed by atoms with Crippen LogP contribution in [-0.2, 0) is 10.0 Å². The van der Waals surface area contributed by atoms with Crippen molar-refractivity contribution in [1.82, 2.24) is 4.72 Å². The van der Waals surface area contributed by atoms with Gasteiger partial charge < -0.3 is 0 Å². The van der Waals surface area contributed by atoms with Gasteiger partial charge in [-0.3, -0.25) is 0 Å². The maximum absolute atomic E-state index is 11.8. The third-order valence-corrected chi connectivity index (χ3v) is 3.52. The number of nitriles is 1. The largest absolute Gasteiger partial charge is 0.240 e. The van der Waals surface area contributed by atoms with Crippen LogP contribution in [0.15, 0.2) is 40.8 Å². The van der Waals surface area contributed by atoms with Crippen molar-refractivity contribution in [2.45, 2.75) is 18.7 Å². The highest BCUT2D eigenvalue weighted by molar-refractivity contribution is 7.89. The zero-order valence-corrected chi connectivity index (χ0v) is 10.6. The summed E-state index contributed by atoms with van der Waals surface area (Å²) >= 11 is 0. The van der Waals surface area contributed by atoms with E-state index in [2.05, 4.69) is 4.72 Å². The van der Waals surface area contributed by atoms with E-state index in [1.165, 1.54) is 24.3 Å². The van der Waals surface area contributed by atoms with Crippen molar-refractivity contribution in [3.8, 4) is 6.07 Å². The third kappa shape index (κ3) is 4.02. The molecule has 0 spiro atoms. The van der Waals surface area contributed by atoms with Crippen LogP contribution >= 0.6 is 0 Å². The fourth-order valence-electron chi connectivity index (χ4n) is 1.15. The van der Waals surface area contributed by atoms with E-state index in [0.29, 0.717) is 5.56 Å². The number of hydrogen-bond acceptors (Lipinski definition) is 3. The third-order valence-electron chi connectivity index (χ3n) is 2.08. The van der Waals surface area contributed by atoms with E-state index in [-0.39, 0.29) is 11.4 Å². The van der Waals surface area contributed by atoms with Crippen LogP contribution in [0.3, 0.4) is 0 Å². The number of benzene rings is 1. The predicted molar refractivity (Wildman–Crippen MR) is 65.8 cm³/mol. The molecule has 0 aromatic heterocycles. The number of nitrogens with zero attached hydrogens (tertiary/aromatic N) is 1. The van der Waals surface area contributed by atoms with Crippen LogP contribution in [0.4, 0.5) is 0 Å². The Labute approximate surface area is 102 Å². The molecule has 0 atom stereocenters. The van der Waals surface area contributed by atoms with Gasteiger partial charge in [-0.2, -0.15) is 5.26 Å². The highest BCUT2D eigenvalue weighted by atomic mass is 32.2. The molecule has 0 aliphatic rings. The first-order valence-electron chi connectivity index (χ1n) is 5.09. The van der Waals surface area contributed by atoms with Gasteiger partial charge in [-0.1, -0.05) is 11.6 Å². The Hall–Kier alpha value is -1.64. The van der Waals surface area contributed by atoms with E-state index in [9.17, 15) is 8.42 Å². The van der Waals surface area contributed by atoms with Crippen LogP contribution in [0, 0.1) is 11.3 Å². The Bertz CT molecular complexity index is 547. The average Bonchev–Trinajstić information content (AvgIpc) is 2.28. The summed E-state index contributed by atoms with van der Waals surface area (Å²) in [5, 5.41) is 8.61. The van der Waals surface area contributed by atoms with E-state index in [0.717, 1.165) is 5.57 Å². The molecule has 90 valence electrons. The van der Waals surface area contributed by atoms with Crippen molar-refractivity contribution in [2.24, 2.45) is 0 Å². The summed E-state index contributed by atoms with van der Waals surface area (Å²) in [5.41, 5.74) is 1.49. The maximum Gasteiger partial charge on any atom is 0.240 e. The molecule has 0 saturated carbocycles. The quantitative estimate of drug-likeness (QED) is 0.828. The molecular formula is C12H14N2O2S. The summed E-state index contributed by atoms with van der Waals surface area (Å²) in [6.45, 7) is 4.07. The molecule has 0 bridgehead atoms. The summed E-state index contributed by atoms with van der Waals surface area (Å²) in [4.78, 5) is 0.165. The molecule has 4 nitrogen and oxygen atoms in total. The fourth-order valence-corrected chi connectivity index (χ4v) is 2.11. The lowest BCUT2D eigenvalue weighted by Crippen LogP contribution is -2.23. The second-order valence-corrected chi connectivity index (χ2v) is 5.54. The van der Waals surface area contributed by atoms with Gasteiger partial charge in [-0.15, -0.1) is 0 Å². The van der Waals surface area contributed by atoms with Gasteiger partial charge in [0.15, 0.2) is 0 Å². The normalized spacial score (nSPS) is 10.6. The molecule has 0 amide bonds. The number of allylic oxidation sites excluding steroid dienone is 1. The van der Waals surface area contributed by atoms with E-state index < -0.39 is 10.0 Å². The van der Waals surface area contributed by atoms with Crippen LogP contribution < -0.4 is 4.72 Å². The summed E-state index contributed by atoms with van der Waals surface area (Å²) in [7, 11) is -3.48. The van der Waals surface area contributed by atoms with Crippen LogP contribution in [0.25, 0.3) is 0 Å². The van der Waals surface area contributed by atoms with Crippen LogP contribution in [-0.4, -0.2) is 15.0 Å². The molecule has 0 fully saturated rings. The van der Waals surface area contributed by atoms with Crippen molar-refractivity contribution in [3.63, 3.8) is 0 Å². The molecular weight excluding hydrogens is 236 g/mol. The lowest BCUT2D eigenvalue weighted by molar-refractivity contribution is 0.585. The molecule has 1 rings (SSSR count). The summed E-state index contributed by atoms with van der Waals surface area (Å²) < 4.78 is 26.0. The maximum atomic E-state index is 11.8. The molecule has 0 heterocycles. The lowest BCUT2D eigenvalue weighted by Gasteiger charge is -2.04. The topological polar surface area (TPSA) is 70.0 Å². The first kappa shape index (κ1) is 13.4. The average molecular weight is 250 g/mol. The molecule has 17 heavy (non-hydrogen) atoms. The van der Waals surface area contributed by atoms with Gasteiger partial charge in [0.1, 0.15) is 0 Å². The van der Waals surface area contributed by atoms with Gasteiger partial charge in [0.2, 0.25) is 10.0 Å². The molecule has 0 unspecified atom stereocenters. The van der Waals surface area contributed by atoms with E-state index in [4.69, 9.17) is 5.26 Å². The highest BCUT2D eigenvalue weighted by Gasteiger charge is 2.11. The Balaban J connectivity index is 2.83. The van der Waals surface area contributed by atoms with Crippen molar-refractivity contribution >= 4 is 10.0 Å². The zero-order chi connectivity index (χ0) is 12.9. The minimum Gasteiger partial charge on any atom is -0.207 e. The summed E-state index contributed by atoms with van der Waals surface area (Å²) in [6.07, 6.45) is 1.79. The predicted octanol–water partition coefficient (Wildman–Crippen LogP) is 1.80. The van der Waals surface area contributed by atoms with Crippen LogP contribution in [0.5, 0.6) is 0 Å². The van der Waals surface area contributed by atoms with Crippen LogP contribution in [0.1, 0.15) is 19.4 Å². The van der Waals surface area contributed by atoms with Crippen LogP contribution in [0.2, 0.25) is 0 Å². The van der Waals surface area contributed by atoms with Crippen molar-refractivity contribution < 1.29 is 8.42 Å². The second kappa shape index (κ2) is 5.62.